The molecule has 1 unspecified atom stereocenters. The minimum atomic E-state index is -0.359. The van der Waals surface area contributed by atoms with Gasteiger partial charge in [0.15, 0.2) is 5.82 Å². The molecule has 2 aromatic rings. The predicted molar refractivity (Wildman–Crippen MR) is 66.1 cm³/mol. The average molecular weight is 251 g/mol. The zero-order valence-corrected chi connectivity index (χ0v) is 9.90. The summed E-state index contributed by atoms with van der Waals surface area (Å²) in [6, 6.07) is 3.75. The molecule has 2 aromatic heterocycles. The highest BCUT2D eigenvalue weighted by molar-refractivity contribution is 6.32. The highest BCUT2D eigenvalue weighted by Gasteiger charge is 2.10. The maximum Gasteiger partial charge on any atom is 0.271 e. The number of hydrogen-bond acceptors (Lipinski definition) is 4. The first-order valence-electron chi connectivity index (χ1n) is 5.08. The van der Waals surface area contributed by atoms with Crippen LogP contribution in [0.2, 0.25) is 5.02 Å². The van der Waals surface area contributed by atoms with Gasteiger partial charge in [-0.2, -0.15) is 0 Å². The van der Waals surface area contributed by atoms with Crippen molar-refractivity contribution in [2.24, 2.45) is 0 Å². The number of aromatic nitrogens is 3. The van der Waals surface area contributed by atoms with Crippen LogP contribution in [-0.2, 0) is 0 Å². The highest BCUT2D eigenvalue weighted by Crippen LogP contribution is 2.20. The fourth-order valence-electron chi connectivity index (χ4n) is 1.40. The summed E-state index contributed by atoms with van der Waals surface area (Å²) in [4.78, 5) is 21.7. The number of hydrogen-bond donors (Lipinski definition) is 2. The van der Waals surface area contributed by atoms with Crippen molar-refractivity contribution in [2.45, 2.75) is 13.0 Å². The molecule has 0 fully saturated rings. The Hall–Kier alpha value is -1.88. The van der Waals surface area contributed by atoms with Crippen LogP contribution in [0.5, 0.6) is 0 Å². The third kappa shape index (κ3) is 2.62. The van der Waals surface area contributed by atoms with Crippen LogP contribution in [0.1, 0.15) is 18.5 Å². The molecule has 0 radical (unpaired) electrons. The number of H-pyrrole nitrogens is 1. The van der Waals surface area contributed by atoms with Crippen molar-refractivity contribution in [1.29, 1.82) is 0 Å². The largest absolute Gasteiger partial charge is 0.362 e. The molecule has 0 aromatic carbocycles. The molecule has 0 aliphatic rings. The summed E-state index contributed by atoms with van der Waals surface area (Å²) < 4.78 is 0. The number of nitrogens with zero attached hydrogens (tertiary/aromatic N) is 2. The van der Waals surface area contributed by atoms with Crippen LogP contribution in [-0.4, -0.2) is 15.0 Å². The van der Waals surface area contributed by atoms with Crippen LogP contribution in [0, 0.1) is 0 Å². The van der Waals surface area contributed by atoms with Crippen LogP contribution < -0.4 is 10.9 Å². The standard InChI is InChI=1S/C11H11ClN4O/c1-7(8-3-2-4-13-5-8)16-10-9(12)11(17)15-6-14-10/h2-7H,1H3,(H2,14,15,16,17). The van der Waals surface area contributed by atoms with Crippen molar-refractivity contribution < 1.29 is 0 Å². The molecule has 2 heterocycles. The molecule has 17 heavy (non-hydrogen) atoms. The van der Waals surface area contributed by atoms with Gasteiger partial charge in [-0.15, -0.1) is 0 Å². The minimum absolute atomic E-state index is 0.0319. The van der Waals surface area contributed by atoms with Crippen molar-refractivity contribution in [3.05, 3.63) is 51.8 Å². The topological polar surface area (TPSA) is 70.7 Å². The van der Waals surface area contributed by atoms with Gasteiger partial charge in [-0.05, 0) is 18.6 Å². The molecule has 0 bridgehead atoms. The zero-order valence-electron chi connectivity index (χ0n) is 9.14. The van der Waals surface area contributed by atoms with Crippen molar-refractivity contribution in [3.63, 3.8) is 0 Å². The summed E-state index contributed by atoms with van der Waals surface area (Å²) in [5.41, 5.74) is 0.633. The summed E-state index contributed by atoms with van der Waals surface area (Å²) in [5, 5.41) is 3.12. The van der Waals surface area contributed by atoms with E-state index in [4.69, 9.17) is 11.6 Å². The third-order valence-electron chi connectivity index (χ3n) is 2.33. The maximum absolute atomic E-state index is 11.3. The lowest BCUT2D eigenvalue weighted by Gasteiger charge is -2.14. The van der Waals surface area contributed by atoms with E-state index < -0.39 is 0 Å². The number of rotatable bonds is 3. The number of aromatic amines is 1. The second-order valence-corrected chi connectivity index (χ2v) is 3.92. The Morgan fingerprint density at radius 1 is 1.53 bits per heavy atom. The smallest absolute Gasteiger partial charge is 0.271 e. The molecule has 0 aliphatic carbocycles. The molecular formula is C11H11ClN4O. The van der Waals surface area contributed by atoms with Gasteiger partial charge in [0, 0.05) is 12.4 Å². The molecule has 0 spiro atoms. The van der Waals surface area contributed by atoms with E-state index in [-0.39, 0.29) is 16.6 Å². The van der Waals surface area contributed by atoms with E-state index in [0.717, 1.165) is 5.56 Å². The first-order chi connectivity index (χ1) is 8.18. The molecule has 5 nitrogen and oxygen atoms in total. The molecule has 0 saturated heterocycles. The second-order valence-electron chi connectivity index (χ2n) is 3.55. The van der Waals surface area contributed by atoms with Gasteiger partial charge in [0.1, 0.15) is 5.02 Å². The Bertz CT molecular complexity index is 555. The SMILES string of the molecule is CC(Nc1nc[nH]c(=O)c1Cl)c1cccnc1. The highest BCUT2D eigenvalue weighted by atomic mass is 35.5. The van der Waals surface area contributed by atoms with Crippen LogP contribution in [0.15, 0.2) is 35.6 Å². The Balaban J connectivity index is 2.22. The predicted octanol–water partition coefficient (Wildman–Crippen LogP) is 1.99. The molecule has 0 amide bonds. The summed E-state index contributed by atoms with van der Waals surface area (Å²) in [6.07, 6.45) is 4.76. The molecule has 2 N–H and O–H groups in total. The second kappa shape index (κ2) is 4.97. The average Bonchev–Trinajstić information content (AvgIpc) is 2.36. The fraction of sp³-hybridized carbons (Fsp3) is 0.182. The summed E-state index contributed by atoms with van der Waals surface area (Å²) in [6.45, 7) is 1.94. The van der Waals surface area contributed by atoms with Crippen LogP contribution >= 0.6 is 11.6 Å². The van der Waals surface area contributed by atoms with E-state index in [2.05, 4.69) is 20.3 Å². The molecule has 6 heteroatoms. The fourth-order valence-corrected chi connectivity index (χ4v) is 1.56. The van der Waals surface area contributed by atoms with Gasteiger partial charge in [-0.1, -0.05) is 17.7 Å². The number of halogens is 1. The van der Waals surface area contributed by atoms with E-state index in [1.165, 1.54) is 6.33 Å². The molecule has 1 atom stereocenters. The molecule has 2 rings (SSSR count). The van der Waals surface area contributed by atoms with Crippen molar-refractivity contribution >= 4 is 17.4 Å². The maximum atomic E-state index is 11.3. The van der Waals surface area contributed by atoms with Crippen molar-refractivity contribution in [2.75, 3.05) is 5.32 Å². The Morgan fingerprint density at radius 3 is 3.06 bits per heavy atom. The monoisotopic (exact) mass is 250 g/mol. The van der Waals surface area contributed by atoms with E-state index in [0.29, 0.717) is 5.82 Å². The van der Waals surface area contributed by atoms with Gasteiger partial charge in [-0.25, -0.2) is 4.98 Å². The first kappa shape index (κ1) is 11.6. The Morgan fingerprint density at radius 2 is 2.35 bits per heavy atom. The number of pyridine rings is 1. The number of nitrogens with one attached hydrogen (secondary N) is 2. The molecule has 0 saturated carbocycles. The van der Waals surface area contributed by atoms with Gasteiger partial charge in [0.05, 0.1) is 12.4 Å². The third-order valence-corrected chi connectivity index (χ3v) is 2.68. The van der Waals surface area contributed by atoms with Gasteiger partial charge in [-0.3, -0.25) is 9.78 Å². The normalized spacial score (nSPS) is 12.1. The summed E-state index contributed by atoms with van der Waals surface area (Å²) in [5.74, 6) is 0.367. The molecular weight excluding hydrogens is 240 g/mol. The van der Waals surface area contributed by atoms with Gasteiger partial charge >= 0.3 is 0 Å². The van der Waals surface area contributed by atoms with Crippen molar-refractivity contribution in [1.82, 2.24) is 15.0 Å². The number of anilines is 1. The first-order valence-corrected chi connectivity index (χ1v) is 5.46. The van der Waals surface area contributed by atoms with E-state index in [1.807, 2.05) is 19.1 Å². The van der Waals surface area contributed by atoms with Crippen LogP contribution in [0.25, 0.3) is 0 Å². The quantitative estimate of drug-likeness (QED) is 0.874. The lowest BCUT2D eigenvalue weighted by atomic mass is 10.1. The van der Waals surface area contributed by atoms with Crippen LogP contribution in [0.3, 0.4) is 0 Å². The van der Waals surface area contributed by atoms with E-state index >= 15 is 0 Å². The summed E-state index contributed by atoms with van der Waals surface area (Å²) >= 11 is 5.84. The Labute approximate surface area is 103 Å². The van der Waals surface area contributed by atoms with E-state index in [9.17, 15) is 4.79 Å². The zero-order chi connectivity index (χ0) is 12.3. The van der Waals surface area contributed by atoms with E-state index in [1.54, 1.807) is 12.4 Å². The molecule has 0 aliphatic heterocycles. The lowest BCUT2D eigenvalue weighted by Crippen LogP contribution is -2.14. The van der Waals surface area contributed by atoms with Crippen molar-refractivity contribution in [3.8, 4) is 0 Å². The summed E-state index contributed by atoms with van der Waals surface area (Å²) in [7, 11) is 0. The molecule has 88 valence electrons. The van der Waals surface area contributed by atoms with Gasteiger partial charge in [0.25, 0.3) is 5.56 Å². The van der Waals surface area contributed by atoms with Crippen LogP contribution in [0.4, 0.5) is 5.82 Å². The lowest BCUT2D eigenvalue weighted by molar-refractivity contribution is 0.862. The van der Waals surface area contributed by atoms with Gasteiger partial charge in [0.2, 0.25) is 0 Å². The minimum Gasteiger partial charge on any atom is -0.362 e. The Kier molecular flexibility index (Phi) is 3.39. The van der Waals surface area contributed by atoms with Gasteiger partial charge < -0.3 is 10.3 Å².